The SMILES string of the molecule is Cc1cc2c(cc1C)CN(N=C=S)C=C2. The largest absolute Gasteiger partial charge is 0.259 e. The van der Waals surface area contributed by atoms with Crippen LogP contribution >= 0.6 is 12.2 Å². The number of nitrogens with zero attached hydrogens (tertiary/aromatic N) is 2. The maximum Gasteiger partial charge on any atom is 0.0850 e. The summed E-state index contributed by atoms with van der Waals surface area (Å²) >= 11 is 4.59. The normalized spacial score (nSPS) is 13.3. The number of isothiocyanates is 1. The van der Waals surface area contributed by atoms with Crippen LogP contribution in [0.1, 0.15) is 22.3 Å². The molecule has 2 nitrogen and oxygen atoms in total. The zero-order valence-electron chi connectivity index (χ0n) is 8.82. The molecule has 0 N–H and O–H groups in total. The van der Waals surface area contributed by atoms with Crippen molar-refractivity contribution in [3.05, 3.63) is 40.6 Å². The molecule has 0 saturated heterocycles. The van der Waals surface area contributed by atoms with Crippen LogP contribution < -0.4 is 0 Å². The average Bonchev–Trinajstić information content (AvgIpc) is 2.21. The van der Waals surface area contributed by atoms with Gasteiger partial charge in [0.2, 0.25) is 0 Å². The quantitative estimate of drug-likeness (QED) is 0.529. The molecule has 0 spiro atoms. The zero-order valence-corrected chi connectivity index (χ0v) is 9.64. The van der Waals surface area contributed by atoms with Crippen molar-refractivity contribution in [3.8, 4) is 0 Å². The van der Waals surface area contributed by atoms with Gasteiger partial charge in [0.05, 0.1) is 11.7 Å². The van der Waals surface area contributed by atoms with E-state index in [-0.39, 0.29) is 0 Å². The predicted octanol–water partition coefficient (Wildman–Crippen LogP) is 3.11. The van der Waals surface area contributed by atoms with E-state index in [0.717, 1.165) is 6.54 Å². The van der Waals surface area contributed by atoms with Gasteiger partial charge in [-0.15, -0.1) is 5.10 Å². The van der Waals surface area contributed by atoms with Crippen LogP contribution in [-0.4, -0.2) is 10.2 Å². The molecule has 1 aromatic carbocycles. The lowest BCUT2D eigenvalue weighted by Crippen LogP contribution is -2.13. The van der Waals surface area contributed by atoms with E-state index in [0.29, 0.717) is 0 Å². The third kappa shape index (κ3) is 1.99. The molecule has 0 atom stereocenters. The maximum absolute atomic E-state index is 4.59. The van der Waals surface area contributed by atoms with Gasteiger partial charge in [-0.05, 0) is 54.4 Å². The van der Waals surface area contributed by atoms with Gasteiger partial charge in [0.25, 0.3) is 0 Å². The van der Waals surface area contributed by atoms with Crippen molar-refractivity contribution in [2.24, 2.45) is 5.10 Å². The summed E-state index contributed by atoms with van der Waals surface area (Å²) in [4.78, 5) is 0. The van der Waals surface area contributed by atoms with Gasteiger partial charge in [-0.2, -0.15) is 0 Å². The van der Waals surface area contributed by atoms with E-state index in [1.54, 1.807) is 5.01 Å². The lowest BCUT2D eigenvalue weighted by molar-refractivity contribution is 0.393. The Morgan fingerprint density at radius 1 is 1.33 bits per heavy atom. The molecule has 0 bridgehead atoms. The summed E-state index contributed by atoms with van der Waals surface area (Å²) in [5, 5.41) is 8.12. The highest BCUT2D eigenvalue weighted by molar-refractivity contribution is 7.78. The van der Waals surface area contributed by atoms with Gasteiger partial charge in [0.15, 0.2) is 0 Å². The second-order valence-corrected chi connectivity index (χ2v) is 3.92. The van der Waals surface area contributed by atoms with E-state index < -0.39 is 0 Å². The van der Waals surface area contributed by atoms with Gasteiger partial charge in [-0.3, -0.25) is 5.01 Å². The molecule has 3 heteroatoms. The van der Waals surface area contributed by atoms with Gasteiger partial charge in [0.1, 0.15) is 0 Å². The number of thiocarbonyl (C=S) groups is 1. The van der Waals surface area contributed by atoms with E-state index in [4.69, 9.17) is 0 Å². The summed E-state index contributed by atoms with van der Waals surface area (Å²) in [7, 11) is 0. The number of hydrogen-bond donors (Lipinski definition) is 0. The number of hydrazone groups is 1. The van der Waals surface area contributed by atoms with E-state index >= 15 is 0 Å². The van der Waals surface area contributed by atoms with Gasteiger partial charge in [-0.1, -0.05) is 12.1 Å². The van der Waals surface area contributed by atoms with Crippen molar-refractivity contribution >= 4 is 23.5 Å². The fraction of sp³-hybridized carbons (Fsp3) is 0.250. The lowest BCUT2D eigenvalue weighted by atomic mass is 9.98. The molecule has 0 aliphatic carbocycles. The zero-order chi connectivity index (χ0) is 10.8. The van der Waals surface area contributed by atoms with E-state index in [9.17, 15) is 0 Å². The van der Waals surface area contributed by atoms with Crippen LogP contribution in [0.3, 0.4) is 0 Å². The minimum atomic E-state index is 0.774. The van der Waals surface area contributed by atoms with Crippen LogP contribution in [0.25, 0.3) is 6.08 Å². The third-order valence-electron chi connectivity index (χ3n) is 2.68. The maximum atomic E-state index is 4.59. The van der Waals surface area contributed by atoms with Crippen molar-refractivity contribution in [2.45, 2.75) is 20.4 Å². The molecule has 1 aromatic rings. The van der Waals surface area contributed by atoms with Crippen LogP contribution in [-0.2, 0) is 6.54 Å². The Morgan fingerprint density at radius 2 is 2.07 bits per heavy atom. The Hall–Kier alpha value is -1.44. The summed E-state index contributed by atoms with van der Waals surface area (Å²) < 4.78 is 0. The Bertz CT molecular complexity index is 471. The van der Waals surface area contributed by atoms with Gasteiger partial charge >= 0.3 is 0 Å². The summed E-state index contributed by atoms with van der Waals surface area (Å²) in [5.74, 6) is 0. The highest BCUT2D eigenvalue weighted by Gasteiger charge is 2.10. The predicted molar refractivity (Wildman–Crippen MR) is 65.5 cm³/mol. The first-order valence-electron chi connectivity index (χ1n) is 4.83. The second-order valence-electron chi connectivity index (χ2n) is 3.74. The van der Waals surface area contributed by atoms with Crippen LogP contribution in [0, 0.1) is 13.8 Å². The van der Waals surface area contributed by atoms with Crippen molar-refractivity contribution < 1.29 is 0 Å². The van der Waals surface area contributed by atoms with Gasteiger partial charge in [0, 0.05) is 6.20 Å². The first-order valence-corrected chi connectivity index (χ1v) is 5.24. The van der Waals surface area contributed by atoms with E-state index in [2.05, 4.69) is 54.5 Å². The molecule has 0 saturated carbocycles. The standard InChI is InChI=1S/C12H12N2S/c1-9-5-11-3-4-14(13-8-15)7-12(11)6-10(9)2/h3-6H,7H2,1-2H3. The highest BCUT2D eigenvalue weighted by atomic mass is 32.1. The molecule has 1 aliphatic heterocycles. The van der Waals surface area contributed by atoms with Crippen molar-refractivity contribution in [3.63, 3.8) is 0 Å². The monoisotopic (exact) mass is 216 g/mol. The topological polar surface area (TPSA) is 15.6 Å². The number of fused-ring (bicyclic) bond motifs is 1. The number of hydrogen-bond acceptors (Lipinski definition) is 3. The molecule has 0 radical (unpaired) electrons. The minimum absolute atomic E-state index is 0.774. The molecule has 0 fully saturated rings. The minimum Gasteiger partial charge on any atom is -0.259 e. The molecule has 0 amide bonds. The molecule has 15 heavy (non-hydrogen) atoms. The van der Waals surface area contributed by atoms with Gasteiger partial charge < -0.3 is 0 Å². The third-order valence-corrected chi connectivity index (χ3v) is 2.76. The highest BCUT2D eigenvalue weighted by Crippen LogP contribution is 2.23. The van der Waals surface area contributed by atoms with Crippen LogP contribution in [0.5, 0.6) is 0 Å². The Balaban J connectivity index is 2.41. The van der Waals surface area contributed by atoms with Crippen LogP contribution in [0.15, 0.2) is 23.4 Å². The van der Waals surface area contributed by atoms with Crippen molar-refractivity contribution in [2.75, 3.05) is 0 Å². The first-order chi connectivity index (χ1) is 7.20. The molecular formula is C12H12N2S. The van der Waals surface area contributed by atoms with Crippen molar-refractivity contribution in [1.82, 2.24) is 5.01 Å². The van der Waals surface area contributed by atoms with Gasteiger partial charge in [-0.25, -0.2) is 0 Å². The molecule has 2 rings (SSSR count). The first kappa shape index (κ1) is 10.1. The fourth-order valence-electron chi connectivity index (χ4n) is 1.71. The molecule has 1 aliphatic rings. The summed E-state index contributed by atoms with van der Waals surface area (Å²) in [6.45, 7) is 5.03. The Morgan fingerprint density at radius 3 is 2.80 bits per heavy atom. The summed E-state index contributed by atoms with van der Waals surface area (Å²) in [6.07, 6.45) is 3.98. The number of aryl methyl sites for hydroxylation is 2. The Labute approximate surface area is 94.9 Å². The molecular weight excluding hydrogens is 204 g/mol. The summed E-state index contributed by atoms with van der Waals surface area (Å²) in [5.41, 5.74) is 5.20. The van der Waals surface area contributed by atoms with E-state index in [1.165, 1.54) is 22.3 Å². The number of rotatable bonds is 1. The smallest absolute Gasteiger partial charge is 0.0850 e. The average molecular weight is 216 g/mol. The van der Waals surface area contributed by atoms with Crippen LogP contribution in [0.2, 0.25) is 0 Å². The second kappa shape index (κ2) is 3.97. The molecule has 0 unspecified atom stereocenters. The lowest BCUT2D eigenvalue weighted by Gasteiger charge is -2.20. The molecule has 0 aromatic heterocycles. The van der Waals surface area contributed by atoms with Crippen molar-refractivity contribution in [1.29, 1.82) is 0 Å². The molecule has 76 valence electrons. The van der Waals surface area contributed by atoms with E-state index in [1.807, 2.05) is 6.20 Å². The van der Waals surface area contributed by atoms with Crippen LogP contribution in [0.4, 0.5) is 0 Å². The Kier molecular flexibility index (Phi) is 2.67. The molecule has 1 heterocycles. The fourth-order valence-corrected chi connectivity index (χ4v) is 1.81. The summed E-state index contributed by atoms with van der Waals surface area (Å²) in [6, 6.07) is 4.42. The number of benzene rings is 1.